The van der Waals surface area contributed by atoms with Crippen LogP contribution in [0, 0.1) is 12.1 Å². The number of ether oxygens (including phenoxy) is 1. The van der Waals surface area contributed by atoms with Crippen molar-refractivity contribution < 1.29 is 25.8 Å². The van der Waals surface area contributed by atoms with E-state index in [9.17, 15) is 0 Å². The van der Waals surface area contributed by atoms with Crippen molar-refractivity contribution in [3.05, 3.63) is 152 Å². The van der Waals surface area contributed by atoms with Crippen molar-refractivity contribution in [2.75, 3.05) is 0 Å². The maximum Gasteiger partial charge on any atom is 2.00 e. The van der Waals surface area contributed by atoms with Gasteiger partial charge in [0.15, 0.2) is 0 Å². The van der Waals surface area contributed by atoms with E-state index in [-0.39, 0.29) is 21.1 Å². The molecule has 10 rings (SSSR count). The predicted octanol–water partition coefficient (Wildman–Crippen LogP) is 9.71. The second kappa shape index (κ2) is 11.1. The first-order valence-corrected chi connectivity index (χ1v) is 15.4. The molecular formula is C41H23N5OPt. The molecule has 48 heavy (non-hydrogen) atoms. The molecule has 6 nitrogen and oxygen atoms in total. The Kier molecular flexibility index (Phi) is 6.59. The zero-order valence-corrected chi connectivity index (χ0v) is 27.5. The molecule has 0 spiro atoms. The molecule has 0 unspecified atom stereocenters. The van der Waals surface area contributed by atoms with Gasteiger partial charge in [0.25, 0.3) is 0 Å². The van der Waals surface area contributed by atoms with E-state index in [0.29, 0.717) is 11.5 Å². The monoisotopic (exact) mass is 796 g/mol. The van der Waals surface area contributed by atoms with Crippen LogP contribution in [0.5, 0.6) is 11.5 Å². The third kappa shape index (κ3) is 4.34. The van der Waals surface area contributed by atoms with E-state index in [1.165, 1.54) is 5.56 Å². The minimum atomic E-state index is 0. The molecule has 0 fully saturated rings. The maximum absolute atomic E-state index is 6.46. The number of hydrogen-bond acceptors (Lipinski definition) is 4. The van der Waals surface area contributed by atoms with Gasteiger partial charge in [-0.25, -0.2) is 0 Å². The van der Waals surface area contributed by atoms with E-state index in [1.807, 2.05) is 59.4 Å². The first-order chi connectivity index (χ1) is 23.3. The van der Waals surface area contributed by atoms with Crippen molar-refractivity contribution in [2.24, 2.45) is 0 Å². The normalized spacial score (nSPS) is 11.6. The summed E-state index contributed by atoms with van der Waals surface area (Å²) >= 11 is 0. The summed E-state index contributed by atoms with van der Waals surface area (Å²) in [5.41, 5.74) is 9.04. The summed E-state index contributed by atoms with van der Waals surface area (Å²) in [6.07, 6.45) is 7.51. The molecule has 228 valence electrons. The SMILES string of the molecule is [Pt+2].[c-]1c(Oc2[c-]c3c(cc2)c2ccc(-c4ccccc4)cc2n2c(-c4ccccc4)cnc32)ccc2c1c1nccn1c1cccnc21. The van der Waals surface area contributed by atoms with Crippen molar-refractivity contribution in [1.29, 1.82) is 0 Å². The van der Waals surface area contributed by atoms with Crippen molar-refractivity contribution in [1.82, 2.24) is 23.8 Å². The van der Waals surface area contributed by atoms with E-state index < -0.39 is 0 Å². The molecule has 0 aliphatic rings. The second-order valence-electron chi connectivity index (χ2n) is 11.6. The van der Waals surface area contributed by atoms with Gasteiger partial charge in [0.05, 0.1) is 28.0 Å². The molecule has 0 saturated heterocycles. The van der Waals surface area contributed by atoms with Crippen molar-refractivity contribution in [3.8, 4) is 33.9 Å². The number of fused-ring (bicyclic) bond motifs is 12. The molecule has 0 bridgehead atoms. The molecule has 5 aromatic heterocycles. The molecule has 5 heterocycles. The van der Waals surface area contributed by atoms with Crippen LogP contribution in [0.15, 0.2) is 140 Å². The van der Waals surface area contributed by atoms with E-state index in [2.05, 4.69) is 105 Å². The van der Waals surface area contributed by atoms with Gasteiger partial charge in [0.1, 0.15) is 0 Å². The van der Waals surface area contributed by atoms with Gasteiger partial charge < -0.3 is 13.5 Å². The Balaban J connectivity index is 0.00000314. The summed E-state index contributed by atoms with van der Waals surface area (Å²) < 4.78 is 10.7. The van der Waals surface area contributed by atoms with Crippen molar-refractivity contribution in [2.45, 2.75) is 0 Å². The minimum absolute atomic E-state index is 0. The Bertz CT molecular complexity index is 2830. The van der Waals surface area contributed by atoms with Crippen LogP contribution >= 0.6 is 0 Å². The fourth-order valence-electron chi connectivity index (χ4n) is 6.78. The van der Waals surface area contributed by atoms with Crippen LogP contribution < -0.4 is 4.74 Å². The molecule has 0 amide bonds. The molecule has 0 atom stereocenters. The number of imidazole rings is 2. The summed E-state index contributed by atoms with van der Waals surface area (Å²) in [6.45, 7) is 0. The summed E-state index contributed by atoms with van der Waals surface area (Å²) in [7, 11) is 0. The second-order valence-corrected chi connectivity index (χ2v) is 11.6. The third-order valence-electron chi connectivity index (χ3n) is 8.91. The fourth-order valence-corrected chi connectivity index (χ4v) is 6.78. The van der Waals surface area contributed by atoms with Crippen LogP contribution in [0.1, 0.15) is 0 Å². The molecule has 0 aliphatic carbocycles. The van der Waals surface area contributed by atoms with Gasteiger partial charge in [-0.2, -0.15) is 0 Å². The zero-order valence-electron chi connectivity index (χ0n) is 25.2. The Morgan fingerprint density at radius 3 is 2.04 bits per heavy atom. The predicted molar refractivity (Wildman–Crippen MR) is 187 cm³/mol. The van der Waals surface area contributed by atoms with Gasteiger partial charge in [-0.15, -0.1) is 12.1 Å². The molecule has 0 saturated carbocycles. The van der Waals surface area contributed by atoms with Gasteiger partial charge in [-0.1, -0.05) is 119 Å². The van der Waals surface area contributed by atoms with Crippen molar-refractivity contribution >= 4 is 54.8 Å². The average Bonchev–Trinajstić information content (AvgIpc) is 3.82. The topological polar surface area (TPSA) is 56.7 Å². The summed E-state index contributed by atoms with van der Waals surface area (Å²) in [4.78, 5) is 14.3. The molecule has 0 N–H and O–H groups in total. The summed E-state index contributed by atoms with van der Waals surface area (Å²) in [6, 6.07) is 46.6. The number of rotatable bonds is 4. The van der Waals surface area contributed by atoms with E-state index in [0.717, 1.165) is 71.6 Å². The smallest absolute Gasteiger partial charge is 0.497 e. The number of hydrogen-bond donors (Lipinski definition) is 0. The van der Waals surface area contributed by atoms with E-state index in [4.69, 9.17) is 9.72 Å². The Hall–Kier alpha value is -5.84. The Labute approximate surface area is 289 Å². The standard InChI is InChI=1S/C41H23N5O.Pt/c1-3-8-26(9-4-1)28-13-16-32-31-17-14-29(23-34(31)41-44-25-38(46(41)37(32)22-28)27-10-5-2-6-11-27)47-30-15-18-33-35(24-30)40-43-20-21-45(40)36-12-7-19-42-39(33)36;/h1-22,25H;/q-2;+2. The first kappa shape index (κ1) is 28.4. The van der Waals surface area contributed by atoms with Crippen LogP contribution in [0.4, 0.5) is 0 Å². The van der Waals surface area contributed by atoms with Gasteiger partial charge in [0, 0.05) is 41.8 Å². The van der Waals surface area contributed by atoms with Crippen molar-refractivity contribution in [3.63, 3.8) is 0 Å². The molecule has 7 heteroatoms. The van der Waals surface area contributed by atoms with E-state index >= 15 is 0 Å². The number of nitrogens with zero attached hydrogens (tertiary/aromatic N) is 5. The quantitative estimate of drug-likeness (QED) is 0.132. The van der Waals surface area contributed by atoms with E-state index in [1.54, 1.807) is 6.20 Å². The summed E-state index contributed by atoms with van der Waals surface area (Å²) in [5.74, 6) is 1.16. The third-order valence-corrected chi connectivity index (χ3v) is 8.91. The van der Waals surface area contributed by atoms with Crippen LogP contribution in [0.3, 0.4) is 0 Å². The van der Waals surface area contributed by atoms with Crippen LogP contribution in [0.2, 0.25) is 0 Å². The van der Waals surface area contributed by atoms with Crippen LogP contribution in [-0.2, 0) is 21.1 Å². The fraction of sp³-hybridized carbons (Fsp3) is 0. The molecule has 0 aliphatic heterocycles. The zero-order chi connectivity index (χ0) is 30.9. The Morgan fingerprint density at radius 2 is 1.25 bits per heavy atom. The number of aromatic nitrogens is 5. The Morgan fingerprint density at radius 1 is 0.542 bits per heavy atom. The number of pyridine rings is 3. The van der Waals surface area contributed by atoms with Gasteiger partial charge in [-0.3, -0.25) is 15.0 Å². The van der Waals surface area contributed by atoms with Crippen LogP contribution in [0.25, 0.3) is 77.2 Å². The number of benzene rings is 5. The summed E-state index contributed by atoms with van der Waals surface area (Å²) in [5, 5.41) is 4.88. The van der Waals surface area contributed by atoms with Gasteiger partial charge in [0.2, 0.25) is 0 Å². The van der Waals surface area contributed by atoms with Crippen LogP contribution in [-0.4, -0.2) is 23.8 Å². The minimum Gasteiger partial charge on any atom is -0.497 e. The molecule has 10 aromatic rings. The molecular weight excluding hydrogens is 774 g/mol. The largest absolute Gasteiger partial charge is 2.00 e. The first-order valence-electron chi connectivity index (χ1n) is 15.4. The maximum atomic E-state index is 6.46. The average molecular weight is 797 g/mol. The van der Waals surface area contributed by atoms with Gasteiger partial charge in [-0.05, 0) is 40.3 Å². The molecule has 0 radical (unpaired) electrons. The molecule has 5 aromatic carbocycles. The van der Waals surface area contributed by atoms with Gasteiger partial charge >= 0.3 is 21.1 Å².